The molecule has 33 heavy (non-hydrogen) atoms. The summed E-state index contributed by atoms with van der Waals surface area (Å²) >= 11 is 0. The molecule has 1 aliphatic rings. The second-order valence-corrected chi connectivity index (χ2v) is 8.58. The molecule has 0 saturated carbocycles. The predicted octanol–water partition coefficient (Wildman–Crippen LogP) is 4.58. The zero-order chi connectivity index (χ0) is 23.0. The van der Waals surface area contributed by atoms with Crippen LogP contribution in [-0.4, -0.2) is 36.4 Å². The number of nitrogens with zero attached hydrogens (tertiary/aromatic N) is 1. The van der Waals surface area contributed by atoms with Gasteiger partial charge >= 0.3 is 0 Å². The van der Waals surface area contributed by atoms with Gasteiger partial charge in [0, 0.05) is 19.0 Å². The summed E-state index contributed by atoms with van der Waals surface area (Å²) in [5.74, 6) is 0.356. The van der Waals surface area contributed by atoms with Crippen molar-refractivity contribution in [3.8, 4) is 5.75 Å². The molecule has 0 spiro atoms. The molecular formula is C28H30N2O3. The number of amides is 2. The van der Waals surface area contributed by atoms with Crippen molar-refractivity contribution in [1.29, 1.82) is 0 Å². The molecule has 1 aliphatic heterocycles. The molecule has 4 rings (SSSR count). The molecule has 5 heteroatoms. The summed E-state index contributed by atoms with van der Waals surface area (Å²) < 4.78 is 5.69. The zero-order valence-corrected chi connectivity index (χ0v) is 18.9. The normalized spacial score (nSPS) is 18.9. The van der Waals surface area contributed by atoms with Crippen LogP contribution in [0.25, 0.3) is 0 Å². The van der Waals surface area contributed by atoms with Crippen molar-refractivity contribution < 1.29 is 14.3 Å². The first-order valence-electron chi connectivity index (χ1n) is 11.5. The number of ether oxygens (including phenoxy) is 1. The lowest BCUT2D eigenvalue weighted by Crippen LogP contribution is -2.49. The van der Waals surface area contributed by atoms with Gasteiger partial charge in [-0.2, -0.15) is 0 Å². The van der Waals surface area contributed by atoms with E-state index >= 15 is 0 Å². The highest BCUT2D eigenvalue weighted by molar-refractivity contribution is 5.82. The van der Waals surface area contributed by atoms with Gasteiger partial charge in [0.2, 0.25) is 5.91 Å². The molecule has 3 unspecified atom stereocenters. The van der Waals surface area contributed by atoms with Crippen molar-refractivity contribution in [3.05, 3.63) is 102 Å². The number of likely N-dealkylation sites (tertiary alicyclic amines) is 1. The fourth-order valence-corrected chi connectivity index (χ4v) is 4.37. The number of hydrogen-bond acceptors (Lipinski definition) is 3. The fourth-order valence-electron chi connectivity index (χ4n) is 4.37. The van der Waals surface area contributed by atoms with E-state index in [9.17, 15) is 9.59 Å². The first kappa shape index (κ1) is 22.6. The summed E-state index contributed by atoms with van der Waals surface area (Å²) in [6, 6.07) is 29.3. The van der Waals surface area contributed by atoms with Crippen LogP contribution < -0.4 is 10.1 Å². The molecule has 0 aliphatic carbocycles. The fraction of sp³-hybridized carbons (Fsp3) is 0.286. The molecule has 1 fully saturated rings. The molecule has 1 saturated heterocycles. The predicted molar refractivity (Wildman–Crippen MR) is 129 cm³/mol. The topological polar surface area (TPSA) is 58.6 Å². The summed E-state index contributed by atoms with van der Waals surface area (Å²) in [5, 5.41) is 3.15. The number of rotatable bonds is 7. The Morgan fingerprint density at radius 3 is 2.18 bits per heavy atom. The van der Waals surface area contributed by atoms with E-state index in [1.165, 1.54) is 0 Å². The van der Waals surface area contributed by atoms with Gasteiger partial charge in [-0.05, 0) is 36.6 Å². The molecule has 2 amide bonds. The van der Waals surface area contributed by atoms with Crippen LogP contribution >= 0.6 is 0 Å². The van der Waals surface area contributed by atoms with E-state index in [4.69, 9.17) is 4.74 Å². The third-order valence-electron chi connectivity index (χ3n) is 6.21. The van der Waals surface area contributed by atoms with Crippen molar-refractivity contribution in [3.63, 3.8) is 0 Å². The van der Waals surface area contributed by atoms with Gasteiger partial charge in [0.25, 0.3) is 5.91 Å². The summed E-state index contributed by atoms with van der Waals surface area (Å²) in [4.78, 5) is 28.0. The second kappa shape index (κ2) is 10.8. The summed E-state index contributed by atoms with van der Waals surface area (Å²) in [6.45, 7) is 2.92. The number of hydrogen-bond donors (Lipinski definition) is 1. The van der Waals surface area contributed by atoms with Crippen LogP contribution in [0.5, 0.6) is 5.75 Å². The van der Waals surface area contributed by atoms with Gasteiger partial charge < -0.3 is 15.0 Å². The number of benzene rings is 3. The maximum atomic E-state index is 13.2. The summed E-state index contributed by atoms with van der Waals surface area (Å²) in [6.07, 6.45) is 0.709. The molecule has 5 nitrogen and oxygen atoms in total. The largest absolute Gasteiger partial charge is 0.484 e. The Balaban J connectivity index is 1.46. The Morgan fingerprint density at radius 2 is 1.52 bits per heavy atom. The minimum atomic E-state index is -0.282. The van der Waals surface area contributed by atoms with Gasteiger partial charge in [-0.25, -0.2) is 0 Å². The van der Waals surface area contributed by atoms with Gasteiger partial charge in [0.1, 0.15) is 5.75 Å². The van der Waals surface area contributed by atoms with Gasteiger partial charge in [0.15, 0.2) is 6.61 Å². The average Bonchev–Trinajstić information content (AvgIpc) is 2.88. The Bertz CT molecular complexity index is 1040. The third-order valence-corrected chi connectivity index (χ3v) is 6.21. The summed E-state index contributed by atoms with van der Waals surface area (Å²) in [5.41, 5.74) is 2.21. The van der Waals surface area contributed by atoms with Crippen LogP contribution in [0.4, 0.5) is 0 Å². The van der Waals surface area contributed by atoms with E-state index < -0.39 is 0 Å². The molecule has 0 aromatic heterocycles. The van der Waals surface area contributed by atoms with Crippen LogP contribution in [0.3, 0.4) is 0 Å². The molecule has 1 N–H and O–H groups in total. The van der Waals surface area contributed by atoms with E-state index in [-0.39, 0.29) is 36.3 Å². The van der Waals surface area contributed by atoms with E-state index in [1.807, 2.05) is 85.8 Å². The number of para-hydroxylation sites is 1. The van der Waals surface area contributed by atoms with Crippen LogP contribution in [0.1, 0.15) is 36.4 Å². The minimum Gasteiger partial charge on any atom is -0.484 e. The Morgan fingerprint density at radius 1 is 0.909 bits per heavy atom. The van der Waals surface area contributed by atoms with Crippen molar-refractivity contribution in [2.45, 2.75) is 25.3 Å². The van der Waals surface area contributed by atoms with Crippen LogP contribution in [-0.2, 0) is 9.59 Å². The Hall–Kier alpha value is -3.60. The Labute approximate surface area is 195 Å². The first-order chi connectivity index (χ1) is 16.1. The van der Waals surface area contributed by atoms with Crippen LogP contribution in [0, 0.1) is 5.92 Å². The molecule has 170 valence electrons. The van der Waals surface area contributed by atoms with Crippen molar-refractivity contribution in [2.75, 3.05) is 19.7 Å². The molecule has 0 bridgehead atoms. The van der Waals surface area contributed by atoms with E-state index in [0.717, 1.165) is 11.1 Å². The zero-order valence-electron chi connectivity index (χ0n) is 18.9. The monoisotopic (exact) mass is 442 g/mol. The number of piperidine rings is 1. The smallest absolute Gasteiger partial charge is 0.260 e. The number of carbonyl (C=O) groups is 2. The summed E-state index contributed by atoms with van der Waals surface area (Å²) in [7, 11) is 0. The lowest BCUT2D eigenvalue weighted by atomic mass is 9.84. The van der Waals surface area contributed by atoms with E-state index in [0.29, 0.717) is 25.3 Å². The second-order valence-electron chi connectivity index (χ2n) is 8.58. The highest BCUT2D eigenvalue weighted by atomic mass is 16.5. The van der Waals surface area contributed by atoms with Gasteiger partial charge in [-0.3, -0.25) is 9.59 Å². The lowest BCUT2D eigenvalue weighted by Gasteiger charge is -2.37. The van der Waals surface area contributed by atoms with E-state index in [2.05, 4.69) is 17.4 Å². The molecule has 3 atom stereocenters. The maximum Gasteiger partial charge on any atom is 0.260 e. The van der Waals surface area contributed by atoms with Crippen molar-refractivity contribution >= 4 is 11.8 Å². The molecule has 3 aromatic carbocycles. The molecular weight excluding hydrogens is 412 g/mol. The van der Waals surface area contributed by atoms with Gasteiger partial charge in [-0.1, -0.05) is 78.9 Å². The molecule has 1 heterocycles. The quantitative estimate of drug-likeness (QED) is 0.583. The SMILES string of the molecule is CC(NC(=O)C1CC(c2ccccc2)CN(C(=O)COc2ccccc2)C1)c1ccccc1. The lowest BCUT2D eigenvalue weighted by molar-refractivity contribution is -0.138. The standard InChI is InChI=1S/C28H30N2O3/c1-21(22-11-5-2-6-12-22)29-28(32)25-17-24(23-13-7-3-8-14-23)18-30(19-25)27(31)20-33-26-15-9-4-10-16-26/h2-16,21,24-25H,17-20H2,1H3,(H,29,32). The van der Waals surface area contributed by atoms with Crippen LogP contribution in [0.2, 0.25) is 0 Å². The van der Waals surface area contributed by atoms with E-state index in [1.54, 1.807) is 4.90 Å². The Kier molecular flexibility index (Phi) is 7.40. The molecule has 0 radical (unpaired) electrons. The van der Waals surface area contributed by atoms with Crippen molar-refractivity contribution in [2.24, 2.45) is 5.92 Å². The maximum absolute atomic E-state index is 13.2. The molecule has 3 aromatic rings. The first-order valence-corrected chi connectivity index (χ1v) is 11.5. The highest BCUT2D eigenvalue weighted by Crippen LogP contribution is 2.31. The number of carbonyl (C=O) groups excluding carboxylic acids is 2. The number of nitrogens with one attached hydrogen (secondary N) is 1. The van der Waals surface area contributed by atoms with Gasteiger partial charge in [-0.15, -0.1) is 0 Å². The average molecular weight is 443 g/mol. The van der Waals surface area contributed by atoms with Crippen molar-refractivity contribution in [1.82, 2.24) is 10.2 Å². The minimum absolute atomic E-state index is 0.0197. The van der Waals surface area contributed by atoms with Crippen LogP contribution in [0.15, 0.2) is 91.0 Å². The van der Waals surface area contributed by atoms with Gasteiger partial charge in [0.05, 0.1) is 12.0 Å². The highest BCUT2D eigenvalue weighted by Gasteiger charge is 2.35. The third kappa shape index (κ3) is 6.01.